The van der Waals surface area contributed by atoms with Crippen LogP contribution >= 0.6 is 0 Å². The highest BCUT2D eigenvalue weighted by atomic mass is 16.5. The van der Waals surface area contributed by atoms with Crippen LogP contribution in [0.1, 0.15) is 50.3 Å². The van der Waals surface area contributed by atoms with Gasteiger partial charge in [-0.1, -0.05) is 12.1 Å². The first-order valence-electron chi connectivity index (χ1n) is 11.8. The van der Waals surface area contributed by atoms with Gasteiger partial charge >= 0.3 is 6.03 Å². The fraction of sp³-hybridized carbons (Fsp3) is 0.360. The molecule has 3 N–H and O–H groups in total. The fourth-order valence-electron chi connectivity index (χ4n) is 4.78. The third-order valence-corrected chi connectivity index (χ3v) is 6.60. The number of ether oxygens (including phenoxy) is 1. The Balaban J connectivity index is 1.14. The number of imide groups is 1. The second-order valence-corrected chi connectivity index (χ2v) is 8.86. The predicted octanol–water partition coefficient (Wildman–Crippen LogP) is 1.27. The Morgan fingerprint density at radius 2 is 2.08 bits per heavy atom. The Labute approximate surface area is 207 Å². The molecular weight excluding hydrogens is 466 g/mol. The van der Waals surface area contributed by atoms with Crippen molar-refractivity contribution in [1.29, 1.82) is 0 Å². The van der Waals surface area contributed by atoms with E-state index in [1.165, 1.54) is 0 Å². The van der Waals surface area contributed by atoms with Crippen LogP contribution in [0.15, 0.2) is 34.8 Å². The molecule has 1 saturated heterocycles. The Kier molecular flexibility index (Phi) is 6.47. The molecule has 0 bridgehead atoms. The minimum Gasteiger partial charge on any atom is -0.497 e. The van der Waals surface area contributed by atoms with Gasteiger partial charge in [0.05, 0.1) is 13.7 Å². The molecule has 0 radical (unpaired) electrons. The van der Waals surface area contributed by atoms with Gasteiger partial charge in [-0.3, -0.25) is 24.6 Å². The highest BCUT2D eigenvalue weighted by Crippen LogP contribution is 2.35. The number of piperazine rings is 1. The van der Waals surface area contributed by atoms with Crippen molar-refractivity contribution in [3.05, 3.63) is 58.6 Å². The van der Waals surface area contributed by atoms with Gasteiger partial charge in [0.1, 0.15) is 11.5 Å². The van der Waals surface area contributed by atoms with Crippen LogP contribution < -0.4 is 20.7 Å². The molecule has 188 valence electrons. The predicted molar refractivity (Wildman–Crippen MR) is 128 cm³/mol. The van der Waals surface area contributed by atoms with Gasteiger partial charge in [0.15, 0.2) is 5.76 Å². The van der Waals surface area contributed by atoms with E-state index in [4.69, 9.17) is 9.15 Å². The number of urea groups is 1. The van der Waals surface area contributed by atoms with E-state index in [0.717, 1.165) is 11.1 Å². The molecule has 1 aromatic heterocycles. The SMILES string of the molecule is COc1ccc2c(c1)C(=O)N(CCNC(=O)NC(=O)c1cc3c(o1)C=CCC3N1CCNC(=O)C1)C2. The van der Waals surface area contributed by atoms with Crippen molar-refractivity contribution in [3.63, 3.8) is 0 Å². The number of carbonyl (C=O) groups excluding carboxylic acids is 4. The van der Waals surface area contributed by atoms with Crippen molar-refractivity contribution in [1.82, 2.24) is 25.8 Å². The van der Waals surface area contributed by atoms with Crippen molar-refractivity contribution in [2.45, 2.75) is 19.0 Å². The second kappa shape index (κ2) is 9.86. The molecule has 1 atom stereocenters. The zero-order valence-electron chi connectivity index (χ0n) is 19.8. The second-order valence-electron chi connectivity index (χ2n) is 8.86. The van der Waals surface area contributed by atoms with E-state index in [9.17, 15) is 19.2 Å². The van der Waals surface area contributed by atoms with Gasteiger partial charge in [0.2, 0.25) is 5.91 Å². The molecule has 11 nitrogen and oxygen atoms in total. The van der Waals surface area contributed by atoms with E-state index in [1.807, 2.05) is 12.1 Å². The maximum absolute atomic E-state index is 12.6. The molecule has 1 unspecified atom stereocenters. The number of furan rings is 1. The summed E-state index contributed by atoms with van der Waals surface area (Å²) in [5.41, 5.74) is 2.31. The van der Waals surface area contributed by atoms with Crippen LogP contribution in [0.3, 0.4) is 0 Å². The largest absolute Gasteiger partial charge is 0.497 e. The number of nitrogens with zero attached hydrogens (tertiary/aromatic N) is 2. The third-order valence-electron chi connectivity index (χ3n) is 6.60. The lowest BCUT2D eigenvalue weighted by molar-refractivity contribution is -0.124. The first-order valence-corrected chi connectivity index (χ1v) is 11.8. The molecule has 2 aromatic rings. The van der Waals surface area contributed by atoms with Gasteiger partial charge in [-0.15, -0.1) is 0 Å². The van der Waals surface area contributed by atoms with Crippen molar-refractivity contribution in [2.24, 2.45) is 0 Å². The van der Waals surface area contributed by atoms with Crippen LogP contribution in [0.5, 0.6) is 5.75 Å². The van der Waals surface area contributed by atoms with Gasteiger partial charge in [-0.05, 0) is 36.3 Å². The maximum atomic E-state index is 12.6. The molecule has 1 fully saturated rings. The van der Waals surface area contributed by atoms with Gasteiger partial charge in [0, 0.05) is 49.9 Å². The number of rotatable bonds is 6. The first-order chi connectivity index (χ1) is 17.4. The van der Waals surface area contributed by atoms with E-state index >= 15 is 0 Å². The highest BCUT2D eigenvalue weighted by Gasteiger charge is 2.31. The minimum absolute atomic E-state index is 0.0206. The zero-order valence-corrected chi connectivity index (χ0v) is 19.8. The van der Waals surface area contributed by atoms with Gasteiger partial charge in [-0.25, -0.2) is 4.79 Å². The average molecular weight is 494 g/mol. The Morgan fingerprint density at radius 1 is 1.22 bits per heavy atom. The van der Waals surface area contributed by atoms with Gasteiger partial charge < -0.3 is 24.7 Å². The number of fused-ring (bicyclic) bond motifs is 2. The quantitative estimate of drug-likeness (QED) is 0.552. The molecule has 2 aliphatic heterocycles. The van der Waals surface area contributed by atoms with Crippen LogP contribution in [-0.2, 0) is 11.3 Å². The molecule has 0 spiro atoms. The highest BCUT2D eigenvalue weighted by molar-refractivity contribution is 6.03. The van der Waals surface area contributed by atoms with Crippen molar-refractivity contribution < 1.29 is 28.3 Å². The fourth-order valence-corrected chi connectivity index (χ4v) is 4.78. The van der Waals surface area contributed by atoms with Crippen molar-refractivity contribution in [3.8, 4) is 5.75 Å². The summed E-state index contributed by atoms with van der Waals surface area (Å²) in [7, 11) is 1.55. The lowest BCUT2D eigenvalue weighted by Crippen LogP contribution is -2.49. The number of benzene rings is 1. The van der Waals surface area contributed by atoms with Crippen LogP contribution in [0, 0.1) is 0 Å². The molecular formula is C25H27N5O6. The summed E-state index contributed by atoms with van der Waals surface area (Å²) in [6.07, 6.45) is 4.45. The summed E-state index contributed by atoms with van der Waals surface area (Å²) in [6, 6.07) is 6.25. The summed E-state index contributed by atoms with van der Waals surface area (Å²) >= 11 is 0. The topological polar surface area (TPSA) is 133 Å². The van der Waals surface area contributed by atoms with Crippen LogP contribution in [0.4, 0.5) is 4.79 Å². The Morgan fingerprint density at radius 3 is 2.89 bits per heavy atom. The third kappa shape index (κ3) is 4.69. The lowest BCUT2D eigenvalue weighted by atomic mass is 9.96. The summed E-state index contributed by atoms with van der Waals surface area (Å²) in [5, 5.41) is 7.69. The molecule has 5 amide bonds. The molecule has 1 aliphatic carbocycles. The van der Waals surface area contributed by atoms with Crippen LogP contribution in [0.2, 0.25) is 0 Å². The standard InChI is InChI=1S/C25H27N5O6/c1-35-16-6-5-15-13-30(24(33)17(15)11-16)10-8-27-25(34)28-23(32)21-12-18-19(3-2-4-20(18)36-21)29-9-7-26-22(31)14-29/h2,4-6,11-12,19H,3,7-10,13-14H2,1H3,(H,26,31)(H2,27,28,32,34). The molecule has 3 aliphatic rings. The molecule has 0 saturated carbocycles. The summed E-state index contributed by atoms with van der Waals surface area (Å²) < 4.78 is 10.9. The first kappa shape index (κ1) is 23.6. The minimum atomic E-state index is -0.681. The molecule has 36 heavy (non-hydrogen) atoms. The number of carbonyl (C=O) groups is 4. The van der Waals surface area contributed by atoms with Gasteiger partial charge in [0.25, 0.3) is 11.8 Å². The normalized spacial score (nSPS) is 18.9. The van der Waals surface area contributed by atoms with Crippen molar-refractivity contribution >= 4 is 29.8 Å². The smallest absolute Gasteiger partial charge is 0.321 e. The van der Waals surface area contributed by atoms with Crippen LogP contribution in [0.25, 0.3) is 6.08 Å². The number of amides is 5. The number of hydrogen-bond acceptors (Lipinski definition) is 7. The van der Waals surface area contributed by atoms with Gasteiger partial charge in [-0.2, -0.15) is 0 Å². The average Bonchev–Trinajstić information content (AvgIpc) is 3.45. The van der Waals surface area contributed by atoms with Crippen LogP contribution in [-0.4, -0.2) is 73.4 Å². The Hall–Kier alpha value is -4.12. The van der Waals surface area contributed by atoms with E-state index in [-0.39, 0.29) is 36.7 Å². The van der Waals surface area contributed by atoms with E-state index in [0.29, 0.717) is 49.7 Å². The van der Waals surface area contributed by atoms with Crippen molar-refractivity contribution in [2.75, 3.05) is 39.8 Å². The molecule has 11 heteroatoms. The zero-order chi connectivity index (χ0) is 25.2. The number of methoxy groups -OCH3 is 1. The molecule has 3 heterocycles. The van der Waals surface area contributed by atoms with E-state index in [2.05, 4.69) is 20.9 Å². The monoisotopic (exact) mass is 493 g/mol. The van der Waals surface area contributed by atoms with E-state index in [1.54, 1.807) is 36.3 Å². The summed E-state index contributed by atoms with van der Waals surface area (Å²) in [6.45, 7) is 2.48. The summed E-state index contributed by atoms with van der Waals surface area (Å²) in [5.74, 6) is 0.357. The molecule has 1 aromatic carbocycles. The number of nitrogens with one attached hydrogen (secondary N) is 3. The summed E-state index contributed by atoms with van der Waals surface area (Å²) in [4.78, 5) is 53.0. The maximum Gasteiger partial charge on any atom is 0.321 e. The number of hydrogen-bond donors (Lipinski definition) is 3. The molecule has 5 rings (SSSR count). The lowest BCUT2D eigenvalue weighted by Gasteiger charge is -2.34. The van der Waals surface area contributed by atoms with E-state index < -0.39 is 11.9 Å². The Bertz CT molecular complexity index is 1250.